The number of carbonyl (C=O) groups is 1. The lowest BCUT2D eigenvalue weighted by molar-refractivity contribution is -0.121. The SMILES string of the molecule is CNc1ccnc(CN2CCC(C(N)=O)C2)c1. The third-order valence-corrected chi connectivity index (χ3v) is 3.17. The number of rotatable bonds is 4. The van der Waals surface area contributed by atoms with Crippen LogP contribution < -0.4 is 11.1 Å². The predicted octanol–water partition coefficient (Wildman–Crippen LogP) is 0.431. The Morgan fingerprint density at radius 2 is 2.53 bits per heavy atom. The Labute approximate surface area is 101 Å². The molecular weight excluding hydrogens is 216 g/mol. The van der Waals surface area contributed by atoms with Crippen LogP contribution in [0.2, 0.25) is 0 Å². The second-order valence-corrected chi connectivity index (χ2v) is 4.41. The third kappa shape index (κ3) is 2.94. The highest BCUT2D eigenvalue weighted by atomic mass is 16.1. The van der Waals surface area contributed by atoms with Gasteiger partial charge < -0.3 is 11.1 Å². The molecule has 0 spiro atoms. The minimum Gasteiger partial charge on any atom is -0.388 e. The average Bonchev–Trinajstić information content (AvgIpc) is 2.78. The molecule has 2 rings (SSSR count). The van der Waals surface area contributed by atoms with Gasteiger partial charge in [0.25, 0.3) is 0 Å². The van der Waals surface area contributed by atoms with E-state index in [1.165, 1.54) is 0 Å². The summed E-state index contributed by atoms with van der Waals surface area (Å²) < 4.78 is 0. The van der Waals surface area contributed by atoms with Crippen LogP contribution in [0.5, 0.6) is 0 Å². The van der Waals surface area contributed by atoms with Gasteiger partial charge in [-0.2, -0.15) is 0 Å². The zero-order valence-corrected chi connectivity index (χ0v) is 10.0. The lowest BCUT2D eigenvalue weighted by atomic mass is 10.1. The van der Waals surface area contributed by atoms with E-state index in [4.69, 9.17) is 5.73 Å². The molecule has 1 aliphatic heterocycles. The minimum absolute atomic E-state index is 0.00230. The molecule has 0 aromatic carbocycles. The van der Waals surface area contributed by atoms with Crippen molar-refractivity contribution in [2.75, 3.05) is 25.5 Å². The van der Waals surface area contributed by atoms with Crippen LogP contribution in [0, 0.1) is 5.92 Å². The van der Waals surface area contributed by atoms with Gasteiger partial charge in [0.2, 0.25) is 5.91 Å². The number of hydrogen-bond acceptors (Lipinski definition) is 4. The number of anilines is 1. The van der Waals surface area contributed by atoms with E-state index in [2.05, 4.69) is 15.2 Å². The first-order valence-electron chi connectivity index (χ1n) is 5.83. The Morgan fingerprint density at radius 1 is 1.71 bits per heavy atom. The number of pyridine rings is 1. The molecule has 1 aromatic rings. The van der Waals surface area contributed by atoms with Crippen molar-refractivity contribution in [3.8, 4) is 0 Å². The standard InChI is InChI=1S/C12H18N4O/c1-14-10-2-4-15-11(6-10)8-16-5-3-9(7-16)12(13)17/h2,4,6,9H,3,5,7-8H2,1H3,(H2,13,17)(H,14,15). The van der Waals surface area contributed by atoms with Gasteiger partial charge in [-0.05, 0) is 25.1 Å². The molecule has 1 atom stereocenters. The van der Waals surface area contributed by atoms with Gasteiger partial charge in [-0.15, -0.1) is 0 Å². The molecule has 1 saturated heterocycles. The number of carbonyl (C=O) groups excluding carboxylic acids is 1. The van der Waals surface area contributed by atoms with Crippen molar-refractivity contribution in [3.63, 3.8) is 0 Å². The fraction of sp³-hybridized carbons (Fsp3) is 0.500. The van der Waals surface area contributed by atoms with E-state index in [1.54, 1.807) is 6.20 Å². The Balaban J connectivity index is 1.95. The Kier molecular flexibility index (Phi) is 3.58. The first-order valence-corrected chi connectivity index (χ1v) is 5.83. The molecular formula is C12H18N4O. The molecule has 1 amide bonds. The maximum atomic E-state index is 11.1. The molecule has 0 radical (unpaired) electrons. The number of amides is 1. The van der Waals surface area contributed by atoms with Crippen molar-refractivity contribution in [1.29, 1.82) is 0 Å². The number of aromatic nitrogens is 1. The maximum Gasteiger partial charge on any atom is 0.221 e. The summed E-state index contributed by atoms with van der Waals surface area (Å²) in [5.41, 5.74) is 7.38. The molecule has 5 nitrogen and oxygen atoms in total. The number of nitrogens with zero attached hydrogens (tertiary/aromatic N) is 2. The van der Waals surface area contributed by atoms with E-state index in [9.17, 15) is 4.79 Å². The second-order valence-electron chi connectivity index (χ2n) is 4.41. The van der Waals surface area contributed by atoms with E-state index in [-0.39, 0.29) is 11.8 Å². The van der Waals surface area contributed by atoms with Crippen molar-refractivity contribution in [1.82, 2.24) is 9.88 Å². The van der Waals surface area contributed by atoms with Crippen LogP contribution in [-0.4, -0.2) is 35.9 Å². The van der Waals surface area contributed by atoms with Crippen LogP contribution in [-0.2, 0) is 11.3 Å². The van der Waals surface area contributed by atoms with Crippen molar-refractivity contribution < 1.29 is 4.79 Å². The van der Waals surface area contributed by atoms with Crippen molar-refractivity contribution in [2.24, 2.45) is 11.7 Å². The van der Waals surface area contributed by atoms with E-state index in [0.29, 0.717) is 0 Å². The Morgan fingerprint density at radius 3 is 3.18 bits per heavy atom. The lowest BCUT2D eigenvalue weighted by Gasteiger charge is -2.15. The third-order valence-electron chi connectivity index (χ3n) is 3.17. The van der Waals surface area contributed by atoms with Crippen LogP contribution in [0.15, 0.2) is 18.3 Å². The fourth-order valence-electron chi connectivity index (χ4n) is 2.16. The van der Waals surface area contributed by atoms with Crippen molar-refractivity contribution >= 4 is 11.6 Å². The lowest BCUT2D eigenvalue weighted by Crippen LogP contribution is -2.27. The molecule has 1 fully saturated rings. The highest BCUT2D eigenvalue weighted by molar-refractivity contribution is 5.77. The average molecular weight is 234 g/mol. The molecule has 3 N–H and O–H groups in total. The normalized spacial score (nSPS) is 20.4. The largest absolute Gasteiger partial charge is 0.388 e. The molecule has 1 unspecified atom stereocenters. The van der Waals surface area contributed by atoms with Crippen LogP contribution >= 0.6 is 0 Å². The summed E-state index contributed by atoms with van der Waals surface area (Å²) in [6.07, 6.45) is 2.66. The van der Waals surface area contributed by atoms with Crippen LogP contribution in [0.1, 0.15) is 12.1 Å². The minimum atomic E-state index is -0.190. The fourth-order valence-corrected chi connectivity index (χ4v) is 2.16. The summed E-state index contributed by atoms with van der Waals surface area (Å²) in [6, 6.07) is 3.96. The van der Waals surface area contributed by atoms with Crippen molar-refractivity contribution in [2.45, 2.75) is 13.0 Å². The highest BCUT2D eigenvalue weighted by Crippen LogP contribution is 2.18. The molecule has 17 heavy (non-hydrogen) atoms. The smallest absolute Gasteiger partial charge is 0.221 e. The van der Waals surface area contributed by atoms with Gasteiger partial charge in [-0.3, -0.25) is 14.7 Å². The quantitative estimate of drug-likeness (QED) is 0.792. The van der Waals surface area contributed by atoms with Crippen LogP contribution in [0.4, 0.5) is 5.69 Å². The summed E-state index contributed by atoms with van der Waals surface area (Å²) in [7, 11) is 1.89. The molecule has 2 heterocycles. The van der Waals surface area contributed by atoms with E-state index >= 15 is 0 Å². The van der Waals surface area contributed by atoms with Crippen LogP contribution in [0.25, 0.3) is 0 Å². The number of hydrogen-bond donors (Lipinski definition) is 2. The van der Waals surface area contributed by atoms with Crippen molar-refractivity contribution in [3.05, 3.63) is 24.0 Å². The molecule has 0 bridgehead atoms. The van der Waals surface area contributed by atoms with Gasteiger partial charge in [0.15, 0.2) is 0 Å². The van der Waals surface area contributed by atoms with Crippen LogP contribution in [0.3, 0.4) is 0 Å². The summed E-state index contributed by atoms with van der Waals surface area (Å²) in [4.78, 5) is 17.6. The summed E-state index contributed by atoms with van der Waals surface area (Å²) in [5.74, 6) is -0.188. The first-order chi connectivity index (χ1) is 8.19. The second kappa shape index (κ2) is 5.14. The molecule has 1 aliphatic rings. The summed E-state index contributed by atoms with van der Waals surface area (Å²) >= 11 is 0. The number of nitrogens with one attached hydrogen (secondary N) is 1. The van der Waals surface area contributed by atoms with E-state index in [1.807, 2.05) is 19.2 Å². The van der Waals surface area contributed by atoms with Gasteiger partial charge >= 0.3 is 0 Å². The van der Waals surface area contributed by atoms with E-state index in [0.717, 1.165) is 37.4 Å². The number of likely N-dealkylation sites (tertiary alicyclic amines) is 1. The predicted molar refractivity (Wildman–Crippen MR) is 66.4 cm³/mol. The first kappa shape index (κ1) is 11.9. The Hall–Kier alpha value is -1.62. The zero-order valence-electron chi connectivity index (χ0n) is 10.0. The molecule has 0 saturated carbocycles. The summed E-state index contributed by atoms with van der Waals surface area (Å²) in [6.45, 7) is 2.44. The molecule has 92 valence electrons. The van der Waals surface area contributed by atoms with E-state index < -0.39 is 0 Å². The van der Waals surface area contributed by atoms with Gasteiger partial charge in [-0.25, -0.2) is 0 Å². The number of primary amides is 1. The van der Waals surface area contributed by atoms with Gasteiger partial charge in [0.1, 0.15) is 0 Å². The van der Waals surface area contributed by atoms with Gasteiger partial charge in [0, 0.05) is 32.0 Å². The topological polar surface area (TPSA) is 71.2 Å². The van der Waals surface area contributed by atoms with Gasteiger partial charge in [0.05, 0.1) is 11.6 Å². The summed E-state index contributed by atoms with van der Waals surface area (Å²) in [5, 5.41) is 3.09. The Bertz CT molecular complexity index is 407. The molecule has 1 aromatic heterocycles. The highest BCUT2D eigenvalue weighted by Gasteiger charge is 2.26. The monoisotopic (exact) mass is 234 g/mol. The number of nitrogens with two attached hydrogens (primary N) is 1. The molecule has 0 aliphatic carbocycles. The molecule has 5 heteroatoms. The zero-order chi connectivity index (χ0) is 12.3. The maximum absolute atomic E-state index is 11.1. The van der Waals surface area contributed by atoms with Gasteiger partial charge in [-0.1, -0.05) is 0 Å².